The Labute approximate surface area is 191 Å². The number of aromatic nitrogens is 2. The quantitative estimate of drug-likeness (QED) is 0.334. The zero-order valence-electron chi connectivity index (χ0n) is 15.3. The molecule has 0 aliphatic carbocycles. The van der Waals surface area contributed by atoms with Gasteiger partial charge >= 0.3 is 5.69 Å². The fourth-order valence-electron chi connectivity index (χ4n) is 2.47. The predicted molar refractivity (Wildman–Crippen MR) is 122 cm³/mol. The van der Waals surface area contributed by atoms with Crippen molar-refractivity contribution in [2.75, 3.05) is 10.7 Å². The van der Waals surface area contributed by atoms with Crippen molar-refractivity contribution < 1.29 is 4.79 Å². The number of aryl methyl sites for hydroxylation is 1. The number of hydrazone groups is 1. The molecule has 11 heteroatoms. The molecule has 0 atom stereocenters. The van der Waals surface area contributed by atoms with Crippen molar-refractivity contribution in [3.8, 4) is 0 Å². The number of amides is 1. The Morgan fingerprint density at radius 1 is 1.03 bits per heavy atom. The van der Waals surface area contributed by atoms with E-state index in [2.05, 4.69) is 25.8 Å². The number of halogens is 4. The van der Waals surface area contributed by atoms with Crippen molar-refractivity contribution in [1.82, 2.24) is 9.97 Å². The SMILES string of the molecule is Cc1[nH]c(=O)nc(N/N=C\c2ccc(Cl)c(Cl)c2)c1C(=O)Nc1ccc(Cl)c(Cl)c1. The lowest BCUT2D eigenvalue weighted by Crippen LogP contribution is -2.23. The van der Waals surface area contributed by atoms with E-state index in [4.69, 9.17) is 46.4 Å². The van der Waals surface area contributed by atoms with E-state index in [0.29, 0.717) is 32.0 Å². The van der Waals surface area contributed by atoms with Crippen molar-refractivity contribution in [2.45, 2.75) is 6.92 Å². The minimum atomic E-state index is -0.633. The highest BCUT2D eigenvalue weighted by Crippen LogP contribution is 2.26. The van der Waals surface area contributed by atoms with Gasteiger partial charge in [-0.1, -0.05) is 52.5 Å². The fraction of sp³-hybridized carbons (Fsp3) is 0.0526. The second kappa shape index (κ2) is 9.49. The molecule has 0 bridgehead atoms. The molecule has 7 nitrogen and oxygen atoms in total. The lowest BCUT2D eigenvalue weighted by molar-refractivity contribution is 0.102. The van der Waals surface area contributed by atoms with Crippen LogP contribution in [0.1, 0.15) is 21.6 Å². The van der Waals surface area contributed by atoms with Crippen LogP contribution >= 0.6 is 46.4 Å². The molecule has 30 heavy (non-hydrogen) atoms. The van der Waals surface area contributed by atoms with Crippen LogP contribution in [0.3, 0.4) is 0 Å². The van der Waals surface area contributed by atoms with E-state index in [9.17, 15) is 9.59 Å². The maximum Gasteiger partial charge on any atom is 0.347 e. The number of hydrogen-bond acceptors (Lipinski definition) is 5. The van der Waals surface area contributed by atoms with Gasteiger partial charge in [0.2, 0.25) is 0 Å². The molecule has 0 spiro atoms. The third-order valence-electron chi connectivity index (χ3n) is 3.85. The average Bonchev–Trinajstić information content (AvgIpc) is 2.67. The van der Waals surface area contributed by atoms with Gasteiger partial charge in [-0.2, -0.15) is 10.1 Å². The van der Waals surface area contributed by atoms with Crippen LogP contribution in [0.2, 0.25) is 20.1 Å². The van der Waals surface area contributed by atoms with Crippen LogP contribution < -0.4 is 16.4 Å². The molecule has 1 aromatic heterocycles. The highest BCUT2D eigenvalue weighted by atomic mass is 35.5. The standard InChI is InChI=1S/C19H13Cl4N5O2/c1-9-16(18(29)26-11-3-5-13(21)15(23)7-11)17(27-19(30)25-9)28-24-8-10-2-4-12(20)14(22)6-10/h2-8H,1H3,(H,26,29)(H2,25,27,28,30)/b24-8-. The summed E-state index contributed by atoms with van der Waals surface area (Å²) in [5, 5.41) is 8.14. The smallest absolute Gasteiger partial charge is 0.322 e. The molecule has 1 amide bonds. The second-order valence-corrected chi connectivity index (χ2v) is 7.65. The number of anilines is 2. The van der Waals surface area contributed by atoms with Gasteiger partial charge in [0.25, 0.3) is 5.91 Å². The predicted octanol–water partition coefficient (Wildman–Crippen LogP) is 5.39. The Morgan fingerprint density at radius 3 is 2.37 bits per heavy atom. The number of hydrogen-bond donors (Lipinski definition) is 3. The normalized spacial score (nSPS) is 11.0. The van der Waals surface area contributed by atoms with Crippen molar-refractivity contribution in [3.05, 3.63) is 83.8 Å². The number of nitrogens with one attached hydrogen (secondary N) is 3. The zero-order chi connectivity index (χ0) is 21.8. The number of benzene rings is 2. The van der Waals surface area contributed by atoms with E-state index in [-0.39, 0.29) is 16.4 Å². The van der Waals surface area contributed by atoms with Crippen LogP contribution in [0.4, 0.5) is 11.5 Å². The molecular formula is C19H13Cl4N5O2. The first-order valence-corrected chi connectivity index (χ1v) is 9.87. The molecule has 0 aliphatic rings. The molecule has 0 aliphatic heterocycles. The van der Waals surface area contributed by atoms with E-state index in [1.54, 1.807) is 37.3 Å². The zero-order valence-corrected chi connectivity index (χ0v) is 18.3. The molecule has 0 saturated carbocycles. The first-order valence-electron chi connectivity index (χ1n) is 8.36. The molecule has 3 aromatic rings. The molecule has 0 saturated heterocycles. The minimum absolute atomic E-state index is 0.0230. The summed E-state index contributed by atoms with van der Waals surface area (Å²) in [6.45, 7) is 1.57. The number of aromatic amines is 1. The Hall–Kier alpha value is -2.58. The summed E-state index contributed by atoms with van der Waals surface area (Å²) in [5.74, 6) is -0.549. The topological polar surface area (TPSA) is 99.2 Å². The number of carbonyl (C=O) groups excluding carboxylic acids is 1. The van der Waals surface area contributed by atoms with Gasteiger partial charge in [-0.3, -0.25) is 10.2 Å². The maximum atomic E-state index is 12.8. The van der Waals surface area contributed by atoms with Gasteiger partial charge in [-0.25, -0.2) is 4.79 Å². The third-order valence-corrected chi connectivity index (χ3v) is 5.33. The molecule has 2 aromatic carbocycles. The summed E-state index contributed by atoms with van der Waals surface area (Å²) in [4.78, 5) is 30.9. The lowest BCUT2D eigenvalue weighted by atomic mass is 10.2. The summed E-state index contributed by atoms with van der Waals surface area (Å²) in [6.07, 6.45) is 1.45. The van der Waals surface area contributed by atoms with E-state index >= 15 is 0 Å². The van der Waals surface area contributed by atoms with Gasteiger partial charge in [0.05, 0.1) is 26.3 Å². The van der Waals surface area contributed by atoms with Gasteiger partial charge in [0.1, 0.15) is 5.56 Å². The van der Waals surface area contributed by atoms with E-state index in [0.717, 1.165) is 0 Å². The Bertz CT molecular complexity index is 1210. The summed E-state index contributed by atoms with van der Waals surface area (Å²) < 4.78 is 0. The summed E-state index contributed by atoms with van der Waals surface area (Å²) in [6, 6.07) is 9.59. The maximum absolute atomic E-state index is 12.8. The number of H-pyrrole nitrogens is 1. The van der Waals surface area contributed by atoms with Gasteiger partial charge in [-0.05, 0) is 42.8 Å². The average molecular weight is 485 g/mol. The van der Waals surface area contributed by atoms with Crippen LogP contribution in [-0.2, 0) is 0 Å². The summed E-state index contributed by atoms with van der Waals surface area (Å²) in [5.41, 5.74) is 3.47. The Kier molecular flexibility index (Phi) is 6.99. The van der Waals surface area contributed by atoms with Crippen molar-refractivity contribution in [3.63, 3.8) is 0 Å². The monoisotopic (exact) mass is 483 g/mol. The summed E-state index contributed by atoms with van der Waals surface area (Å²) >= 11 is 23.7. The van der Waals surface area contributed by atoms with Gasteiger partial charge in [-0.15, -0.1) is 0 Å². The van der Waals surface area contributed by atoms with Crippen molar-refractivity contribution >= 4 is 70.0 Å². The number of carbonyl (C=O) groups is 1. The molecule has 3 N–H and O–H groups in total. The molecular weight excluding hydrogens is 472 g/mol. The molecule has 1 heterocycles. The van der Waals surface area contributed by atoms with Crippen molar-refractivity contribution in [2.24, 2.45) is 5.10 Å². The molecule has 154 valence electrons. The fourth-order valence-corrected chi connectivity index (χ4v) is 3.08. The number of rotatable bonds is 5. The number of nitrogens with zero attached hydrogens (tertiary/aromatic N) is 2. The first kappa shape index (κ1) is 22.1. The van der Waals surface area contributed by atoms with Gasteiger partial charge in [0, 0.05) is 11.4 Å². The van der Waals surface area contributed by atoms with Gasteiger partial charge < -0.3 is 10.3 Å². The third kappa shape index (κ3) is 5.31. The van der Waals surface area contributed by atoms with Crippen LogP contribution in [0, 0.1) is 6.92 Å². The lowest BCUT2D eigenvalue weighted by Gasteiger charge is -2.11. The minimum Gasteiger partial charge on any atom is -0.322 e. The van der Waals surface area contributed by atoms with Crippen LogP contribution in [0.25, 0.3) is 0 Å². The highest BCUT2D eigenvalue weighted by molar-refractivity contribution is 6.42. The molecule has 3 rings (SSSR count). The molecule has 0 unspecified atom stereocenters. The van der Waals surface area contributed by atoms with E-state index in [1.807, 2.05) is 0 Å². The Morgan fingerprint density at radius 2 is 1.70 bits per heavy atom. The summed E-state index contributed by atoms with van der Waals surface area (Å²) in [7, 11) is 0. The molecule has 0 fully saturated rings. The van der Waals surface area contributed by atoms with Crippen LogP contribution in [0.15, 0.2) is 46.3 Å². The Balaban J connectivity index is 1.86. The van der Waals surface area contributed by atoms with Crippen LogP contribution in [0.5, 0.6) is 0 Å². The molecule has 0 radical (unpaired) electrons. The van der Waals surface area contributed by atoms with Crippen molar-refractivity contribution in [1.29, 1.82) is 0 Å². The van der Waals surface area contributed by atoms with E-state index < -0.39 is 11.6 Å². The largest absolute Gasteiger partial charge is 0.347 e. The second-order valence-electron chi connectivity index (χ2n) is 6.02. The van der Waals surface area contributed by atoms with Gasteiger partial charge in [0.15, 0.2) is 5.82 Å². The first-order chi connectivity index (χ1) is 14.2. The van der Waals surface area contributed by atoms with E-state index in [1.165, 1.54) is 12.3 Å². The van der Waals surface area contributed by atoms with Crippen LogP contribution in [-0.4, -0.2) is 22.1 Å². The highest BCUT2D eigenvalue weighted by Gasteiger charge is 2.18.